The van der Waals surface area contributed by atoms with Gasteiger partial charge in [-0.05, 0) is 116 Å². The molecule has 3 fully saturated rings. The van der Waals surface area contributed by atoms with Gasteiger partial charge in [0.05, 0.1) is 12.0 Å². The molecule has 3 aliphatic rings. The molecule has 6 N–H and O–H groups in total. The van der Waals surface area contributed by atoms with Crippen molar-refractivity contribution in [3.05, 3.63) is 76.9 Å². The highest BCUT2D eigenvalue weighted by Crippen LogP contribution is 2.66. The van der Waals surface area contributed by atoms with Crippen molar-refractivity contribution >= 4 is 23.1 Å². The van der Waals surface area contributed by atoms with E-state index in [1.807, 2.05) is 61.5 Å². The van der Waals surface area contributed by atoms with Crippen molar-refractivity contribution in [2.75, 3.05) is 6.61 Å². The first kappa shape index (κ1) is 43.9. The van der Waals surface area contributed by atoms with E-state index in [1.54, 1.807) is 0 Å². The van der Waals surface area contributed by atoms with Crippen molar-refractivity contribution in [3.8, 4) is 11.5 Å². The van der Waals surface area contributed by atoms with Crippen LogP contribution in [-0.4, -0.2) is 85.3 Å². The summed E-state index contributed by atoms with van der Waals surface area (Å²) in [5, 5.41) is 63.5. The number of fused-ring (bicyclic) bond motifs is 2. The maximum absolute atomic E-state index is 15.4. The summed E-state index contributed by atoms with van der Waals surface area (Å²) in [6, 6.07) is 3.60. The van der Waals surface area contributed by atoms with Crippen molar-refractivity contribution in [1.29, 1.82) is 0 Å². The van der Waals surface area contributed by atoms with Crippen LogP contribution >= 0.6 is 0 Å². The predicted molar refractivity (Wildman–Crippen MR) is 209 cm³/mol. The second-order valence-corrected chi connectivity index (χ2v) is 17.1. The van der Waals surface area contributed by atoms with Gasteiger partial charge < -0.3 is 40.1 Å². The second-order valence-electron chi connectivity index (χ2n) is 17.1. The number of aliphatic hydroxyl groups excluding tert-OH is 5. The molecule has 11 nitrogen and oxygen atoms in total. The van der Waals surface area contributed by atoms with Crippen molar-refractivity contribution < 1.29 is 54.5 Å². The molecule has 2 bridgehead atoms. The van der Waals surface area contributed by atoms with E-state index in [9.17, 15) is 30.6 Å². The fraction of sp³-hybridized carbons (Fsp3) is 0.568. The lowest BCUT2D eigenvalue weighted by Gasteiger charge is -2.60. The van der Waals surface area contributed by atoms with Crippen LogP contribution in [0.2, 0.25) is 0 Å². The Morgan fingerprint density at radius 3 is 2.15 bits per heavy atom. The van der Waals surface area contributed by atoms with Crippen molar-refractivity contribution in [3.63, 3.8) is 0 Å². The summed E-state index contributed by atoms with van der Waals surface area (Å²) in [5.74, 6) is -4.02. The molecule has 1 aliphatic heterocycles. The number of aliphatic hydroxyl groups is 5. The first-order chi connectivity index (χ1) is 25.6. The maximum atomic E-state index is 15.4. The number of carbonyl (C=O) groups is 3. The van der Waals surface area contributed by atoms with Crippen LogP contribution < -0.4 is 4.74 Å². The lowest BCUT2D eigenvalue weighted by atomic mass is 9.38. The van der Waals surface area contributed by atoms with Crippen LogP contribution in [0.3, 0.4) is 0 Å². The smallest absolute Gasteiger partial charge is 0.229 e. The third kappa shape index (κ3) is 8.05. The number of phenolic OH excluding ortho intramolecular Hbond substituents is 1. The van der Waals surface area contributed by atoms with Gasteiger partial charge in [0.25, 0.3) is 0 Å². The van der Waals surface area contributed by atoms with E-state index >= 15 is 14.4 Å². The number of phenols is 1. The maximum Gasteiger partial charge on any atom is 0.229 e. The normalized spacial score (nSPS) is 31.7. The van der Waals surface area contributed by atoms with Crippen LogP contribution in [0, 0.1) is 28.1 Å². The molecule has 1 heterocycles. The van der Waals surface area contributed by atoms with Gasteiger partial charge in [-0.3, -0.25) is 14.4 Å². The summed E-state index contributed by atoms with van der Waals surface area (Å²) in [6.07, 6.45) is -1.95. The minimum absolute atomic E-state index is 0.0256. The van der Waals surface area contributed by atoms with Crippen LogP contribution in [0.5, 0.6) is 11.5 Å². The standard InChI is InChI=1S/C44H60O11/c1-23(2)11-13-28(26(7)8)20-43-21-29(15-12-24(3)4)42(9,10)44(41(43)53,18-17-25(5)6)39(52)33(38(43)51)34(47)27-14-16-31(30(46)19-27)54-40-37(50)36(49)35(48)32(22-45)55-40/h12,14,16-17,19,28-29,32,35-37,40,45-50H,1,7,11,13,15,18,20-22H2,2-6,8-10H3/b34-33-/t28-,29-,32-,35-,36+,37-,40-,43+,44-/m1/s1. The molecule has 55 heavy (non-hydrogen) atoms. The molecule has 11 heteroatoms. The highest BCUT2D eigenvalue weighted by atomic mass is 16.7. The lowest BCUT2D eigenvalue weighted by molar-refractivity contribution is -0.277. The fourth-order valence-corrected chi connectivity index (χ4v) is 8.57. The second kappa shape index (κ2) is 16.7. The zero-order chi connectivity index (χ0) is 41.4. The summed E-state index contributed by atoms with van der Waals surface area (Å²) in [7, 11) is 0. The Morgan fingerprint density at radius 2 is 1.60 bits per heavy atom. The van der Waals surface area contributed by atoms with Gasteiger partial charge >= 0.3 is 0 Å². The molecule has 0 radical (unpaired) electrons. The number of hydrogen-bond donors (Lipinski definition) is 6. The lowest BCUT2D eigenvalue weighted by Crippen LogP contribution is -2.69. The highest BCUT2D eigenvalue weighted by Gasteiger charge is 2.74. The molecule has 4 rings (SSSR count). The molecule has 0 spiro atoms. The third-order valence-electron chi connectivity index (χ3n) is 12.2. The van der Waals surface area contributed by atoms with E-state index in [1.165, 1.54) is 12.1 Å². The van der Waals surface area contributed by atoms with Crippen LogP contribution in [0.4, 0.5) is 0 Å². The van der Waals surface area contributed by atoms with E-state index < -0.39 is 88.0 Å². The first-order valence-electron chi connectivity index (χ1n) is 19.0. The molecule has 1 aromatic rings. The van der Waals surface area contributed by atoms with Crippen molar-refractivity contribution in [1.82, 2.24) is 0 Å². The Hall–Kier alpha value is -3.87. The molecule has 2 aliphatic carbocycles. The highest BCUT2D eigenvalue weighted by molar-refractivity contribution is 6.41. The SMILES string of the molecule is C=C(C)CC[C@H](C[C@]12C[C@@H](CC=C(C)C)C(C)(C)[C@](CC=C(C)C)(C(=O)/C(=C(\O)c3ccc(O[C@@H]4O[C@H](CO)[C@@H](O)[C@H](O)[C@H]4O)c(O)c3)C1=O)C2=O)C(=C)C. The van der Waals surface area contributed by atoms with Crippen LogP contribution in [0.25, 0.3) is 5.76 Å². The van der Waals surface area contributed by atoms with Gasteiger partial charge in [0.1, 0.15) is 41.2 Å². The number of ketones is 3. The van der Waals surface area contributed by atoms with Gasteiger partial charge in [0, 0.05) is 5.56 Å². The number of hydrogen-bond acceptors (Lipinski definition) is 11. The Kier molecular flexibility index (Phi) is 13.3. The average molecular weight is 765 g/mol. The molecule has 302 valence electrons. The summed E-state index contributed by atoms with van der Waals surface area (Å²) in [6.45, 7) is 22.9. The molecule has 0 aromatic heterocycles. The minimum atomic E-state index is -1.75. The number of allylic oxidation sites excluding steroid dienone is 7. The molecule has 0 unspecified atom stereocenters. The van der Waals surface area contributed by atoms with E-state index in [0.717, 1.165) is 28.4 Å². The summed E-state index contributed by atoms with van der Waals surface area (Å²) >= 11 is 0. The Balaban J connectivity index is 1.93. The number of carbonyl (C=O) groups excluding carboxylic acids is 3. The van der Waals surface area contributed by atoms with Gasteiger partial charge in [-0.25, -0.2) is 0 Å². The van der Waals surface area contributed by atoms with E-state index in [-0.39, 0.29) is 42.4 Å². The van der Waals surface area contributed by atoms with Crippen molar-refractivity contribution in [2.45, 2.75) is 125 Å². The van der Waals surface area contributed by atoms with Crippen LogP contribution in [-0.2, 0) is 19.1 Å². The summed E-state index contributed by atoms with van der Waals surface area (Å²) < 4.78 is 11.0. The van der Waals surface area contributed by atoms with Gasteiger partial charge in [0.2, 0.25) is 6.29 Å². The van der Waals surface area contributed by atoms with Gasteiger partial charge in [0.15, 0.2) is 28.8 Å². The van der Waals surface area contributed by atoms with E-state index in [4.69, 9.17) is 9.47 Å². The third-order valence-corrected chi connectivity index (χ3v) is 12.2. The van der Waals surface area contributed by atoms with Crippen molar-refractivity contribution in [2.24, 2.45) is 28.1 Å². The number of Topliss-reactive ketones (excluding diaryl/α,β-unsaturated/α-hetero) is 3. The van der Waals surface area contributed by atoms with Crippen LogP contribution in [0.15, 0.2) is 71.4 Å². The number of rotatable bonds is 14. The topological polar surface area (TPSA) is 191 Å². The Bertz CT molecular complexity index is 1790. The number of benzene rings is 1. The van der Waals surface area contributed by atoms with E-state index in [2.05, 4.69) is 19.2 Å². The number of aromatic hydroxyl groups is 1. The molecule has 0 amide bonds. The zero-order valence-electron chi connectivity index (χ0n) is 33.5. The van der Waals surface area contributed by atoms with Gasteiger partial charge in [-0.15, -0.1) is 6.58 Å². The quantitative estimate of drug-likeness (QED) is 0.0414. The largest absolute Gasteiger partial charge is 0.506 e. The molecular formula is C44H60O11. The Labute approximate surface area is 324 Å². The molecule has 1 aromatic carbocycles. The monoisotopic (exact) mass is 764 g/mol. The van der Waals surface area contributed by atoms with Crippen LogP contribution in [0.1, 0.15) is 99.5 Å². The zero-order valence-corrected chi connectivity index (χ0v) is 33.5. The van der Waals surface area contributed by atoms with Gasteiger partial charge in [-0.2, -0.15) is 0 Å². The molecule has 2 saturated carbocycles. The number of ether oxygens (including phenoxy) is 2. The fourth-order valence-electron chi connectivity index (χ4n) is 8.57. The molecular weight excluding hydrogens is 704 g/mol. The summed E-state index contributed by atoms with van der Waals surface area (Å²) in [4.78, 5) is 45.8. The Morgan fingerprint density at radius 1 is 0.964 bits per heavy atom. The first-order valence-corrected chi connectivity index (χ1v) is 19.0. The molecule has 9 atom stereocenters. The van der Waals surface area contributed by atoms with Gasteiger partial charge in [-0.1, -0.05) is 54.9 Å². The summed E-state index contributed by atoms with van der Waals surface area (Å²) in [5.41, 5.74) is -1.26. The average Bonchev–Trinajstić information content (AvgIpc) is 3.10. The predicted octanol–water partition coefficient (Wildman–Crippen LogP) is 6.23. The minimum Gasteiger partial charge on any atom is -0.506 e. The van der Waals surface area contributed by atoms with E-state index in [0.29, 0.717) is 19.3 Å². The molecule has 1 saturated heterocycles.